The average Bonchev–Trinajstić information content (AvgIpc) is 1.60. The average molecular weight is 144 g/mol. The van der Waals surface area contributed by atoms with Gasteiger partial charge in [-0.1, -0.05) is 12.2 Å². The van der Waals surface area contributed by atoms with Crippen molar-refractivity contribution in [1.82, 2.24) is 0 Å². The summed E-state index contributed by atoms with van der Waals surface area (Å²) in [6.07, 6.45) is 3.46. The molecular formula is C6H8O2S. The van der Waals surface area contributed by atoms with Crippen LogP contribution in [0.4, 0.5) is 0 Å². The SMILES string of the molecule is CC1=CS(=O)(=O)CC=C1. The Balaban J connectivity index is 3.06. The van der Waals surface area contributed by atoms with Gasteiger partial charge in [0.1, 0.15) is 0 Å². The lowest BCUT2D eigenvalue weighted by molar-refractivity contribution is 0.607. The maximum Gasteiger partial charge on any atom is 0.175 e. The van der Waals surface area contributed by atoms with Crippen molar-refractivity contribution in [3.8, 4) is 0 Å². The van der Waals surface area contributed by atoms with Crippen molar-refractivity contribution in [3.63, 3.8) is 0 Å². The molecule has 0 spiro atoms. The molecule has 1 aliphatic heterocycles. The fourth-order valence-corrected chi connectivity index (χ4v) is 1.84. The van der Waals surface area contributed by atoms with E-state index in [9.17, 15) is 8.42 Å². The molecule has 0 aromatic heterocycles. The second-order valence-corrected chi connectivity index (χ2v) is 3.99. The molecule has 2 nitrogen and oxygen atoms in total. The molecule has 1 aliphatic rings. The van der Waals surface area contributed by atoms with Gasteiger partial charge in [-0.05, 0) is 12.5 Å². The third-order valence-electron chi connectivity index (χ3n) is 1.07. The molecule has 0 aromatic carbocycles. The smallest absolute Gasteiger partial charge is 0.175 e. The molecule has 0 aliphatic carbocycles. The van der Waals surface area contributed by atoms with Crippen molar-refractivity contribution in [2.75, 3.05) is 5.75 Å². The van der Waals surface area contributed by atoms with Gasteiger partial charge in [-0.25, -0.2) is 8.42 Å². The van der Waals surface area contributed by atoms with Crippen molar-refractivity contribution in [1.29, 1.82) is 0 Å². The van der Waals surface area contributed by atoms with E-state index in [2.05, 4.69) is 0 Å². The summed E-state index contributed by atoms with van der Waals surface area (Å²) < 4.78 is 21.5. The van der Waals surface area contributed by atoms with Crippen LogP contribution in [0.5, 0.6) is 0 Å². The quantitative estimate of drug-likeness (QED) is 0.505. The number of sulfone groups is 1. The molecule has 1 heterocycles. The van der Waals surface area contributed by atoms with E-state index < -0.39 is 9.84 Å². The second-order valence-electron chi connectivity index (χ2n) is 2.09. The van der Waals surface area contributed by atoms with E-state index in [1.54, 1.807) is 19.1 Å². The summed E-state index contributed by atoms with van der Waals surface area (Å²) in [5.74, 6) is 0.157. The molecule has 0 amide bonds. The van der Waals surface area contributed by atoms with E-state index in [4.69, 9.17) is 0 Å². The van der Waals surface area contributed by atoms with Gasteiger partial charge in [-0.2, -0.15) is 0 Å². The number of hydrogen-bond acceptors (Lipinski definition) is 2. The molecule has 0 bridgehead atoms. The topological polar surface area (TPSA) is 34.1 Å². The van der Waals surface area contributed by atoms with Crippen LogP contribution in [0, 0.1) is 0 Å². The van der Waals surface area contributed by atoms with Gasteiger partial charge >= 0.3 is 0 Å². The highest BCUT2D eigenvalue weighted by Crippen LogP contribution is 2.07. The molecule has 0 N–H and O–H groups in total. The Morgan fingerprint density at radius 2 is 2.22 bits per heavy atom. The number of allylic oxidation sites excluding steroid dienone is 2. The van der Waals surface area contributed by atoms with Crippen LogP contribution >= 0.6 is 0 Å². The van der Waals surface area contributed by atoms with Crippen LogP contribution < -0.4 is 0 Å². The van der Waals surface area contributed by atoms with Gasteiger partial charge in [-0.15, -0.1) is 0 Å². The fraction of sp³-hybridized carbons (Fsp3) is 0.333. The zero-order valence-electron chi connectivity index (χ0n) is 5.16. The van der Waals surface area contributed by atoms with Crippen LogP contribution in [0.15, 0.2) is 23.1 Å². The Labute approximate surface area is 54.8 Å². The number of rotatable bonds is 0. The largest absolute Gasteiger partial charge is 0.224 e. The van der Waals surface area contributed by atoms with Crippen LogP contribution in [0.1, 0.15) is 6.92 Å². The second kappa shape index (κ2) is 1.99. The minimum absolute atomic E-state index is 0.157. The van der Waals surface area contributed by atoms with Crippen LogP contribution in [0.2, 0.25) is 0 Å². The van der Waals surface area contributed by atoms with E-state index >= 15 is 0 Å². The Hall–Kier alpha value is -0.570. The molecule has 0 atom stereocenters. The predicted molar refractivity (Wildman–Crippen MR) is 36.7 cm³/mol. The molecular weight excluding hydrogens is 136 g/mol. The lowest BCUT2D eigenvalue weighted by atomic mass is 10.3. The van der Waals surface area contributed by atoms with Crippen molar-refractivity contribution in [2.45, 2.75) is 6.92 Å². The summed E-state index contributed by atoms with van der Waals surface area (Å²) in [6.45, 7) is 1.77. The number of hydrogen-bond donors (Lipinski definition) is 0. The molecule has 0 radical (unpaired) electrons. The highest BCUT2D eigenvalue weighted by atomic mass is 32.2. The van der Waals surface area contributed by atoms with Crippen LogP contribution in [-0.4, -0.2) is 14.2 Å². The molecule has 9 heavy (non-hydrogen) atoms. The standard InChI is InChI=1S/C6H8O2S/c1-6-3-2-4-9(7,8)5-6/h2-3,5H,4H2,1H3. The summed E-state index contributed by atoms with van der Waals surface area (Å²) in [5, 5.41) is 1.30. The van der Waals surface area contributed by atoms with Gasteiger partial charge in [0.05, 0.1) is 5.75 Å². The highest BCUT2D eigenvalue weighted by molar-refractivity contribution is 7.94. The van der Waals surface area contributed by atoms with E-state index in [-0.39, 0.29) is 5.75 Å². The van der Waals surface area contributed by atoms with E-state index in [1.165, 1.54) is 5.41 Å². The zero-order valence-corrected chi connectivity index (χ0v) is 5.98. The van der Waals surface area contributed by atoms with Gasteiger partial charge in [0.2, 0.25) is 0 Å². The summed E-state index contributed by atoms with van der Waals surface area (Å²) >= 11 is 0. The Morgan fingerprint density at radius 1 is 1.56 bits per heavy atom. The summed E-state index contributed by atoms with van der Waals surface area (Å²) in [6, 6.07) is 0. The van der Waals surface area contributed by atoms with Crippen molar-refractivity contribution < 1.29 is 8.42 Å². The first kappa shape index (κ1) is 6.55. The van der Waals surface area contributed by atoms with Crippen molar-refractivity contribution >= 4 is 9.84 Å². The summed E-state index contributed by atoms with van der Waals surface area (Å²) in [7, 11) is -2.88. The monoisotopic (exact) mass is 144 g/mol. The Kier molecular flexibility index (Phi) is 1.45. The normalized spacial score (nSPS) is 23.4. The van der Waals surface area contributed by atoms with E-state index in [0.29, 0.717) is 0 Å². The third kappa shape index (κ3) is 1.68. The van der Waals surface area contributed by atoms with Gasteiger partial charge in [0, 0.05) is 5.41 Å². The lowest BCUT2D eigenvalue weighted by Gasteiger charge is -1.99. The van der Waals surface area contributed by atoms with Gasteiger partial charge in [0.25, 0.3) is 0 Å². The first-order valence-electron chi connectivity index (χ1n) is 2.68. The minimum Gasteiger partial charge on any atom is -0.224 e. The Bertz CT molecular complexity index is 257. The Morgan fingerprint density at radius 3 is 2.56 bits per heavy atom. The highest BCUT2D eigenvalue weighted by Gasteiger charge is 2.06. The first-order valence-corrected chi connectivity index (χ1v) is 4.39. The van der Waals surface area contributed by atoms with Crippen LogP contribution in [0.25, 0.3) is 0 Å². The maximum atomic E-state index is 10.7. The molecule has 3 heteroatoms. The fourth-order valence-electron chi connectivity index (χ4n) is 0.739. The van der Waals surface area contributed by atoms with E-state index in [1.807, 2.05) is 0 Å². The van der Waals surface area contributed by atoms with Gasteiger partial charge in [0.15, 0.2) is 9.84 Å². The third-order valence-corrected chi connectivity index (χ3v) is 2.46. The molecule has 0 saturated carbocycles. The van der Waals surface area contributed by atoms with Gasteiger partial charge in [-0.3, -0.25) is 0 Å². The molecule has 50 valence electrons. The van der Waals surface area contributed by atoms with Crippen LogP contribution in [-0.2, 0) is 9.84 Å². The molecule has 0 saturated heterocycles. The van der Waals surface area contributed by atoms with Crippen LogP contribution in [0.3, 0.4) is 0 Å². The molecule has 1 rings (SSSR count). The first-order chi connectivity index (χ1) is 4.10. The lowest BCUT2D eigenvalue weighted by Crippen LogP contribution is -2.02. The van der Waals surface area contributed by atoms with Crippen molar-refractivity contribution in [3.05, 3.63) is 23.1 Å². The molecule has 0 fully saturated rings. The summed E-state index contributed by atoms with van der Waals surface area (Å²) in [4.78, 5) is 0. The predicted octanol–water partition coefficient (Wildman–Crippen LogP) is 0.875. The minimum atomic E-state index is -2.88. The maximum absolute atomic E-state index is 10.7. The molecule has 0 unspecified atom stereocenters. The van der Waals surface area contributed by atoms with Crippen molar-refractivity contribution in [2.24, 2.45) is 0 Å². The molecule has 0 aromatic rings. The van der Waals surface area contributed by atoms with E-state index in [0.717, 1.165) is 5.57 Å². The van der Waals surface area contributed by atoms with Gasteiger partial charge < -0.3 is 0 Å². The summed E-state index contributed by atoms with van der Waals surface area (Å²) in [5.41, 5.74) is 0.807. The zero-order chi connectivity index (χ0) is 6.91.